The zero-order chi connectivity index (χ0) is 12.9. The number of pyridine rings is 1. The molecular weight excluding hydrogens is 220 g/mol. The predicted molar refractivity (Wildman–Crippen MR) is 63.4 cm³/mol. The summed E-state index contributed by atoms with van der Waals surface area (Å²) < 4.78 is 5.11. The van der Waals surface area contributed by atoms with Gasteiger partial charge in [0.1, 0.15) is 5.60 Å². The van der Waals surface area contributed by atoms with Gasteiger partial charge in [0, 0.05) is 12.4 Å². The Bertz CT molecular complexity index is 360. The second-order valence-electron chi connectivity index (χ2n) is 4.66. The Labute approximate surface area is 101 Å². The molecule has 1 aromatic rings. The van der Waals surface area contributed by atoms with Gasteiger partial charge < -0.3 is 15.2 Å². The van der Waals surface area contributed by atoms with E-state index in [1.54, 1.807) is 45.3 Å². The number of rotatable bonds is 3. The normalized spacial score (nSPS) is 12.9. The van der Waals surface area contributed by atoms with Crippen molar-refractivity contribution in [3.63, 3.8) is 0 Å². The number of amides is 1. The van der Waals surface area contributed by atoms with Crippen LogP contribution in [0, 0.1) is 0 Å². The summed E-state index contributed by atoms with van der Waals surface area (Å²) in [6.07, 6.45) is 2.66. The van der Waals surface area contributed by atoms with E-state index in [4.69, 9.17) is 4.74 Å². The molecule has 1 amide bonds. The van der Waals surface area contributed by atoms with Gasteiger partial charge in [-0.1, -0.05) is 0 Å². The third-order valence-corrected chi connectivity index (χ3v) is 1.98. The molecule has 0 aliphatic heterocycles. The maximum absolute atomic E-state index is 11.5. The smallest absolute Gasteiger partial charge is 0.408 e. The SMILES string of the molecule is CC(C)(C)OC(=O)N[C@H](CO)c1ccncc1. The lowest BCUT2D eigenvalue weighted by Crippen LogP contribution is -2.36. The second kappa shape index (κ2) is 5.63. The summed E-state index contributed by atoms with van der Waals surface area (Å²) in [7, 11) is 0. The summed E-state index contributed by atoms with van der Waals surface area (Å²) in [4.78, 5) is 15.4. The summed E-state index contributed by atoms with van der Waals surface area (Å²) in [5.74, 6) is 0. The number of aromatic nitrogens is 1. The number of alkyl carbamates (subject to hydrolysis) is 1. The van der Waals surface area contributed by atoms with Gasteiger partial charge >= 0.3 is 6.09 Å². The maximum Gasteiger partial charge on any atom is 0.408 e. The highest BCUT2D eigenvalue weighted by Crippen LogP contribution is 2.13. The molecule has 0 saturated carbocycles. The molecule has 17 heavy (non-hydrogen) atoms. The minimum absolute atomic E-state index is 0.191. The Balaban J connectivity index is 2.62. The molecule has 1 heterocycles. The lowest BCUT2D eigenvalue weighted by atomic mass is 10.1. The molecule has 0 radical (unpaired) electrons. The zero-order valence-corrected chi connectivity index (χ0v) is 10.3. The Morgan fingerprint density at radius 1 is 1.47 bits per heavy atom. The van der Waals surface area contributed by atoms with E-state index in [1.807, 2.05) is 0 Å². The first kappa shape index (κ1) is 13.4. The highest BCUT2D eigenvalue weighted by molar-refractivity contribution is 5.68. The molecule has 1 rings (SSSR count). The number of aliphatic hydroxyl groups excluding tert-OH is 1. The number of hydrogen-bond donors (Lipinski definition) is 2. The summed E-state index contributed by atoms with van der Waals surface area (Å²) in [5.41, 5.74) is 0.232. The first-order valence-corrected chi connectivity index (χ1v) is 5.42. The molecule has 0 bridgehead atoms. The van der Waals surface area contributed by atoms with Gasteiger partial charge in [0.25, 0.3) is 0 Å². The largest absolute Gasteiger partial charge is 0.444 e. The number of hydrogen-bond acceptors (Lipinski definition) is 4. The van der Waals surface area contributed by atoms with E-state index < -0.39 is 17.7 Å². The molecule has 5 nitrogen and oxygen atoms in total. The Morgan fingerprint density at radius 2 is 2.06 bits per heavy atom. The molecule has 0 aliphatic rings. The van der Waals surface area contributed by atoms with Crippen molar-refractivity contribution in [2.75, 3.05) is 6.61 Å². The molecule has 1 atom stereocenters. The first-order valence-electron chi connectivity index (χ1n) is 5.42. The minimum atomic E-state index is -0.553. The summed E-state index contributed by atoms with van der Waals surface area (Å²) in [5, 5.41) is 11.8. The van der Waals surface area contributed by atoms with Gasteiger partial charge in [-0.2, -0.15) is 0 Å². The van der Waals surface area contributed by atoms with E-state index in [0.29, 0.717) is 0 Å². The Morgan fingerprint density at radius 3 is 2.53 bits per heavy atom. The number of carbonyl (C=O) groups excluding carboxylic acids is 1. The van der Waals surface area contributed by atoms with Crippen molar-refractivity contribution in [3.05, 3.63) is 30.1 Å². The molecular formula is C12H18N2O3. The van der Waals surface area contributed by atoms with Crippen LogP contribution in [-0.4, -0.2) is 28.4 Å². The van der Waals surface area contributed by atoms with E-state index in [2.05, 4.69) is 10.3 Å². The van der Waals surface area contributed by atoms with E-state index in [1.165, 1.54) is 0 Å². The van der Waals surface area contributed by atoms with Crippen molar-refractivity contribution in [1.82, 2.24) is 10.3 Å². The van der Waals surface area contributed by atoms with E-state index in [0.717, 1.165) is 5.56 Å². The van der Waals surface area contributed by atoms with Crippen LogP contribution in [0.1, 0.15) is 32.4 Å². The van der Waals surface area contributed by atoms with Crippen molar-refractivity contribution in [1.29, 1.82) is 0 Å². The van der Waals surface area contributed by atoms with Gasteiger partial charge in [-0.05, 0) is 38.5 Å². The Hall–Kier alpha value is -1.62. The molecule has 0 saturated heterocycles. The fourth-order valence-corrected chi connectivity index (χ4v) is 1.28. The molecule has 0 fully saturated rings. The van der Waals surface area contributed by atoms with Gasteiger partial charge in [0.05, 0.1) is 12.6 Å². The van der Waals surface area contributed by atoms with Crippen molar-refractivity contribution >= 4 is 6.09 Å². The minimum Gasteiger partial charge on any atom is -0.444 e. The topological polar surface area (TPSA) is 71.5 Å². The van der Waals surface area contributed by atoms with Crippen LogP contribution in [0.4, 0.5) is 4.79 Å². The van der Waals surface area contributed by atoms with Gasteiger partial charge in [0.15, 0.2) is 0 Å². The predicted octanol–water partition coefficient (Wildman–Crippen LogP) is 1.64. The van der Waals surface area contributed by atoms with Gasteiger partial charge in [-0.3, -0.25) is 4.98 Å². The number of carbonyl (C=O) groups is 1. The number of nitrogens with one attached hydrogen (secondary N) is 1. The highest BCUT2D eigenvalue weighted by atomic mass is 16.6. The van der Waals surface area contributed by atoms with E-state index >= 15 is 0 Å². The van der Waals surface area contributed by atoms with Crippen LogP contribution >= 0.6 is 0 Å². The fraction of sp³-hybridized carbons (Fsp3) is 0.500. The fourth-order valence-electron chi connectivity index (χ4n) is 1.28. The molecule has 2 N–H and O–H groups in total. The average Bonchev–Trinajstić information content (AvgIpc) is 2.24. The lowest BCUT2D eigenvalue weighted by molar-refractivity contribution is 0.0482. The van der Waals surface area contributed by atoms with Crippen LogP contribution in [0.2, 0.25) is 0 Å². The molecule has 5 heteroatoms. The van der Waals surface area contributed by atoms with Gasteiger partial charge in [-0.15, -0.1) is 0 Å². The van der Waals surface area contributed by atoms with E-state index in [9.17, 15) is 9.90 Å². The third-order valence-electron chi connectivity index (χ3n) is 1.98. The standard InChI is InChI=1S/C12H18N2O3/c1-12(2,3)17-11(16)14-10(8-15)9-4-6-13-7-5-9/h4-7,10,15H,8H2,1-3H3,(H,14,16)/t10-/m1/s1. The molecule has 0 unspecified atom stereocenters. The summed E-state index contributed by atoms with van der Waals surface area (Å²) in [6, 6.07) is 2.99. The highest BCUT2D eigenvalue weighted by Gasteiger charge is 2.19. The van der Waals surface area contributed by atoms with Crippen LogP contribution in [0.3, 0.4) is 0 Å². The van der Waals surface area contributed by atoms with Gasteiger partial charge in [0.2, 0.25) is 0 Å². The summed E-state index contributed by atoms with van der Waals surface area (Å²) >= 11 is 0. The van der Waals surface area contributed by atoms with Crippen LogP contribution < -0.4 is 5.32 Å². The first-order chi connectivity index (χ1) is 7.92. The number of aliphatic hydroxyl groups is 1. The molecule has 1 aromatic heterocycles. The van der Waals surface area contributed by atoms with Crippen molar-refractivity contribution < 1.29 is 14.6 Å². The summed E-state index contributed by atoms with van der Waals surface area (Å²) in [6.45, 7) is 5.16. The van der Waals surface area contributed by atoms with Crippen LogP contribution in [0.25, 0.3) is 0 Å². The van der Waals surface area contributed by atoms with Crippen LogP contribution in [0.15, 0.2) is 24.5 Å². The lowest BCUT2D eigenvalue weighted by Gasteiger charge is -2.22. The van der Waals surface area contributed by atoms with Gasteiger partial charge in [-0.25, -0.2) is 4.79 Å². The van der Waals surface area contributed by atoms with Crippen LogP contribution in [0.5, 0.6) is 0 Å². The monoisotopic (exact) mass is 238 g/mol. The van der Waals surface area contributed by atoms with Crippen molar-refractivity contribution in [3.8, 4) is 0 Å². The molecule has 0 aromatic carbocycles. The average molecular weight is 238 g/mol. The zero-order valence-electron chi connectivity index (χ0n) is 10.3. The molecule has 0 spiro atoms. The molecule has 94 valence electrons. The second-order valence-corrected chi connectivity index (χ2v) is 4.66. The quantitative estimate of drug-likeness (QED) is 0.839. The molecule has 0 aliphatic carbocycles. The maximum atomic E-state index is 11.5. The van der Waals surface area contributed by atoms with Crippen LogP contribution in [-0.2, 0) is 4.74 Å². The van der Waals surface area contributed by atoms with Crippen molar-refractivity contribution in [2.24, 2.45) is 0 Å². The Kier molecular flexibility index (Phi) is 4.45. The van der Waals surface area contributed by atoms with Crippen molar-refractivity contribution in [2.45, 2.75) is 32.4 Å². The third kappa shape index (κ3) is 4.82. The van der Waals surface area contributed by atoms with E-state index in [-0.39, 0.29) is 6.61 Å². The number of nitrogens with zero attached hydrogens (tertiary/aromatic N) is 1. The number of ether oxygens (including phenoxy) is 1.